The van der Waals surface area contributed by atoms with Crippen LogP contribution in [0.5, 0.6) is 0 Å². The SMILES string of the molecule is C=Cc1cc2occc2cc1NC. The van der Waals surface area contributed by atoms with E-state index in [-0.39, 0.29) is 0 Å². The third-order valence-corrected chi connectivity index (χ3v) is 2.11. The number of benzene rings is 1. The Morgan fingerprint density at radius 1 is 1.46 bits per heavy atom. The van der Waals surface area contributed by atoms with Gasteiger partial charge in [-0.1, -0.05) is 12.7 Å². The van der Waals surface area contributed by atoms with E-state index in [1.54, 1.807) is 6.26 Å². The number of anilines is 1. The molecule has 0 aliphatic heterocycles. The molecule has 1 heterocycles. The van der Waals surface area contributed by atoms with Crippen molar-refractivity contribution in [3.05, 3.63) is 36.6 Å². The maximum Gasteiger partial charge on any atom is 0.134 e. The summed E-state index contributed by atoms with van der Waals surface area (Å²) in [4.78, 5) is 0. The fraction of sp³-hybridized carbons (Fsp3) is 0.0909. The van der Waals surface area contributed by atoms with E-state index in [2.05, 4.69) is 18.0 Å². The molecule has 0 aliphatic carbocycles. The van der Waals surface area contributed by atoms with Gasteiger partial charge in [0.1, 0.15) is 5.58 Å². The molecule has 1 aromatic heterocycles. The van der Waals surface area contributed by atoms with E-state index in [0.29, 0.717) is 0 Å². The number of nitrogens with one attached hydrogen (secondary N) is 1. The summed E-state index contributed by atoms with van der Waals surface area (Å²) in [6.45, 7) is 3.75. The molecule has 0 amide bonds. The third-order valence-electron chi connectivity index (χ3n) is 2.11. The summed E-state index contributed by atoms with van der Waals surface area (Å²) < 4.78 is 5.28. The van der Waals surface area contributed by atoms with Gasteiger partial charge in [-0.25, -0.2) is 0 Å². The fourth-order valence-corrected chi connectivity index (χ4v) is 1.41. The van der Waals surface area contributed by atoms with Crippen LogP contribution in [0.3, 0.4) is 0 Å². The van der Waals surface area contributed by atoms with Crippen molar-refractivity contribution in [2.75, 3.05) is 12.4 Å². The van der Waals surface area contributed by atoms with Gasteiger partial charge in [-0.3, -0.25) is 0 Å². The van der Waals surface area contributed by atoms with Crippen LogP contribution in [0.15, 0.2) is 35.5 Å². The van der Waals surface area contributed by atoms with Crippen LogP contribution < -0.4 is 5.32 Å². The highest BCUT2D eigenvalue weighted by molar-refractivity contribution is 5.86. The fourth-order valence-electron chi connectivity index (χ4n) is 1.41. The Morgan fingerprint density at radius 3 is 3.00 bits per heavy atom. The van der Waals surface area contributed by atoms with Gasteiger partial charge in [0.05, 0.1) is 6.26 Å². The molecule has 0 spiro atoms. The average Bonchev–Trinajstić information content (AvgIpc) is 2.62. The molecular formula is C11H11NO. The lowest BCUT2D eigenvalue weighted by Gasteiger charge is -2.04. The van der Waals surface area contributed by atoms with Gasteiger partial charge in [0.2, 0.25) is 0 Å². The lowest BCUT2D eigenvalue weighted by atomic mass is 10.1. The Balaban J connectivity index is 2.73. The van der Waals surface area contributed by atoms with Gasteiger partial charge in [0, 0.05) is 23.7 Å². The van der Waals surface area contributed by atoms with Crippen LogP contribution in [-0.2, 0) is 0 Å². The molecule has 0 fully saturated rings. The van der Waals surface area contributed by atoms with Crippen molar-refractivity contribution in [1.29, 1.82) is 0 Å². The van der Waals surface area contributed by atoms with Gasteiger partial charge < -0.3 is 9.73 Å². The Hall–Kier alpha value is -1.70. The molecule has 13 heavy (non-hydrogen) atoms. The zero-order valence-electron chi connectivity index (χ0n) is 7.50. The lowest BCUT2D eigenvalue weighted by Crippen LogP contribution is -1.90. The van der Waals surface area contributed by atoms with E-state index < -0.39 is 0 Å². The second-order valence-electron chi connectivity index (χ2n) is 2.85. The molecule has 0 saturated carbocycles. The van der Waals surface area contributed by atoms with E-state index in [4.69, 9.17) is 4.42 Å². The van der Waals surface area contributed by atoms with Crippen LogP contribution in [-0.4, -0.2) is 7.05 Å². The summed E-state index contributed by atoms with van der Waals surface area (Å²) in [5.74, 6) is 0. The van der Waals surface area contributed by atoms with E-state index in [1.807, 2.05) is 25.3 Å². The maximum absolute atomic E-state index is 5.28. The summed E-state index contributed by atoms with van der Waals surface area (Å²) in [5, 5.41) is 4.22. The molecule has 2 heteroatoms. The predicted molar refractivity (Wildman–Crippen MR) is 55.9 cm³/mol. The number of fused-ring (bicyclic) bond motifs is 1. The van der Waals surface area contributed by atoms with Crippen molar-refractivity contribution in [2.45, 2.75) is 0 Å². The smallest absolute Gasteiger partial charge is 0.134 e. The van der Waals surface area contributed by atoms with Crippen LogP contribution in [0, 0.1) is 0 Å². The first-order valence-corrected chi connectivity index (χ1v) is 4.16. The lowest BCUT2D eigenvalue weighted by molar-refractivity contribution is 0.616. The summed E-state index contributed by atoms with van der Waals surface area (Å²) in [7, 11) is 1.90. The molecule has 0 saturated heterocycles. The normalized spacial score (nSPS) is 10.2. The first kappa shape index (κ1) is 7.92. The van der Waals surface area contributed by atoms with Crippen molar-refractivity contribution in [3.63, 3.8) is 0 Å². The number of hydrogen-bond donors (Lipinski definition) is 1. The highest BCUT2D eigenvalue weighted by Gasteiger charge is 2.02. The molecule has 2 aromatic rings. The van der Waals surface area contributed by atoms with Crippen molar-refractivity contribution in [1.82, 2.24) is 0 Å². The number of rotatable bonds is 2. The van der Waals surface area contributed by atoms with E-state index >= 15 is 0 Å². The second-order valence-corrected chi connectivity index (χ2v) is 2.85. The minimum absolute atomic E-state index is 0.897. The summed E-state index contributed by atoms with van der Waals surface area (Å²) in [6, 6.07) is 5.98. The van der Waals surface area contributed by atoms with Gasteiger partial charge in [-0.2, -0.15) is 0 Å². The van der Waals surface area contributed by atoms with Crippen LogP contribution in [0.1, 0.15) is 5.56 Å². The zero-order chi connectivity index (χ0) is 9.26. The topological polar surface area (TPSA) is 25.2 Å². The van der Waals surface area contributed by atoms with Crippen LogP contribution in [0.4, 0.5) is 5.69 Å². The van der Waals surface area contributed by atoms with Crippen molar-refractivity contribution in [2.24, 2.45) is 0 Å². The molecule has 2 nitrogen and oxygen atoms in total. The summed E-state index contributed by atoms with van der Waals surface area (Å²) in [6.07, 6.45) is 3.50. The molecule has 1 N–H and O–H groups in total. The first-order valence-electron chi connectivity index (χ1n) is 4.16. The minimum Gasteiger partial charge on any atom is -0.464 e. The Morgan fingerprint density at radius 2 is 2.31 bits per heavy atom. The van der Waals surface area contributed by atoms with Gasteiger partial charge in [-0.05, 0) is 18.2 Å². The summed E-state index contributed by atoms with van der Waals surface area (Å²) in [5.41, 5.74) is 3.03. The van der Waals surface area contributed by atoms with Gasteiger partial charge >= 0.3 is 0 Å². The molecule has 0 unspecified atom stereocenters. The van der Waals surface area contributed by atoms with Crippen molar-refractivity contribution < 1.29 is 4.42 Å². The Bertz CT molecular complexity index is 442. The first-order chi connectivity index (χ1) is 6.35. The molecule has 0 radical (unpaired) electrons. The van der Waals surface area contributed by atoms with Gasteiger partial charge in [-0.15, -0.1) is 0 Å². The van der Waals surface area contributed by atoms with Crippen LogP contribution >= 0.6 is 0 Å². The minimum atomic E-state index is 0.897. The molecule has 0 aliphatic rings. The van der Waals surface area contributed by atoms with Crippen LogP contribution in [0.2, 0.25) is 0 Å². The van der Waals surface area contributed by atoms with E-state index in [0.717, 1.165) is 22.2 Å². The standard InChI is InChI=1S/C11H11NO/c1-3-8-7-11-9(4-5-13-11)6-10(8)12-2/h3-7,12H,1H2,2H3. The van der Waals surface area contributed by atoms with Crippen molar-refractivity contribution in [3.8, 4) is 0 Å². The molecule has 0 bridgehead atoms. The third kappa shape index (κ3) is 1.20. The van der Waals surface area contributed by atoms with Gasteiger partial charge in [0.15, 0.2) is 0 Å². The monoisotopic (exact) mass is 173 g/mol. The van der Waals surface area contributed by atoms with Gasteiger partial charge in [0.25, 0.3) is 0 Å². The highest BCUT2D eigenvalue weighted by atomic mass is 16.3. The number of furan rings is 1. The van der Waals surface area contributed by atoms with E-state index in [1.165, 1.54) is 0 Å². The second kappa shape index (κ2) is 2.98. The Kier molecular flexibility index (Phi) is 1.81. The molecule has 0 atom stereocenters. The number of hydrogen-bond acceptors (Lipinski definition) is 2. The molecule has 66 valence electrons. The largest absolute Gasteiger partial charge is 0.464 e. The molecule has 1 aromatic carbocycles. The summed E-state index contributed by atoms with van der Waals surface area (Å²) >= 11 is 0. The zero-order valence-corrected chi connectivity index (χ0v) is 7.50. The van der Waals surface area contributed by atoms with Crippen molar-refractivity contribution >= 4 is 22.7 Å². The van der Waals surface area contributed by atoms with E-state index in [9.17, 15) is 0 Å². The highest BCUT2D eigenvalue weighted by Crippen LogP contribution is 2.25. The average molecular weight is 173 g/mol. The predicted octanol–water partition coefficient (Wildman–Crippen LogP) is 3.12. The molecular weight excluding hydrogens is 162 g/mol. The quantitative estimate of drug-likeness (QED) is 0.754. The maximum atomic E-state index is 5.28. The van der Waals surface area contributed by atoms with Crippen LogP contribution in [0.25, 0.3) is 17.0 Å². The Labute approximate surface area is 76.9 Å². The molecule has 2 rings (SSSR count).